The van der Waals surface area contributed by atoms with E-state index in [0.717, 1.165) is 33.7 Å². The van der Waals surface area contributed by atoms with Crippen LogP contribution in [0.4, 0.5) is 14.9 Å². The summed E-state index contributed by atoms with van der Waals surface area (Å²) >= 11 is 0.731. The number of anilines is 1. The van der Waals surface area contributed by atoms with Crippen LogP contribution in [0.3, 0.4) is 0 Å². The van der Waals surface area contributed by atoms with Gasteiger partial charge < -0.3 is 14.6 Å². The van der Waals surface area contributed by atoms with Crippen LogP contribution in [0, 0.1) is 19.7 Å². The maximum atomic E-state index is 13.8. The van der Waals surface area contributed by atoms with E-state index in [1.54, 1.807) is 30.3 Å². The summed E-state index contributed by atoms with van der Waals surface area (Å²) < 4.78 is 20.5. The molecule has 0 atom stereocenters. The molecule has 0 saturated carbocycles. The van der Waals surface area contributed by atoms with Crippen molar-refractivity contribution in [1.82, 2.24) is 9.47 Å². The van der Waals surface area contributed by atoms with Gasteiger partial charge in [0.25, 0.3) is 11.1 Å². The summed E-state index contributed by atoms with van der Waals surface area (Å²) in [4.78, 5) is 50.6. The van der Waals surface area contributed by atoms with E-state index in [4.69, 9.17) is 4.74 Å². The number of thioether (sulfide) groups is 1. The fraction of sp³-hybridized carbons (Fsp3) is 0.154. The second-order valence-corrected chi connectivity index (χ2v) is 8.99. The highest BCUT2D eigenvalue weighted by molar-refractivity contribution is 8.18. The number of hydrogen-bond donors (Lipinski definition) is 1. The van der Waals surface area contributed by atoms with Crippen molar-refractivity contribution in [2.45, 2.75) is 13.8 Å². The molecule has 8 nitrogen and oxygen atoms in total. The summed E-state index contributed by atoms with van der Waals surface area (Å²) in [5, 5.41) is 1.78. The summed E-state index contributed by atoms with van der Waals surface area (Å²) in [6.45, 7) is 3.21. The standard InChI is InChI=1S/C26H22FN3O5S/c1-15-11-18(16(2)30(15)19-8-6-7-17(12-19)25(33)35-3)13-22-24(32)29(26(34)36-22)14-23(31)28-21-10-5-4-9-20(21)27/h4-13H,14H2,1-3H3,(H,28,31)/b22-13-. The number of para-hydroxylation sites is 1. The molecule has 184 valence electrons. The molecule has 2 heterocycles. The predicted molar refractivity (Wildman–Crippen MR) is 134 cm³/mol. The summed E-state index contributed by atoms with van der Waals surface area (Å²) in [5.41, 5.74) is 3.46. The van der Waals surface area contributed by atoms with Crippen molar-refractivity contribution in [3.05, 3.63) is 87.8 Å². The predicted octanol–water partition coefficient (Wildman–Crippen LogP) is 4.69. The summed E-state index contributed by atoms with van der Waals surface area (Å²) in [5.74, 6) is -2.36. The molecular weight excluding hydrogens is 485 g/mol. The number of ether oxygens (including phenoxy) is 1. The highest BCUT2D eigenvalue weighted by Gasteiger charge is 2.36. The van der Waals surface area contributed by atoms with Crippen LogP contribution in [-0.2, 0) is 14.3 Å². The van der Waals surface area contributed by atoms with Crippen molar-refractivity contribution in [3.8, 4) is 5.69 Å². The smallest absolute Gasteiger partial charge is 0.337 e. The number of halogens is 1. The second-order valence-electron chi connectivity index (χ2n) is 8.00. The number of carbonyl (C=O) groups is 4. The number of imide groups is 1. The van der Waals surface area contributed by atoms with Gasteiger partial charge in [0.15, 0.2) is 0 Å². The average molecular weight is 508 g/mol. The van der Waals surface area contributed by atoms with Crippen molar-refractivity contribution in [1.29, 1.82) is 0 Å². The molecule has 36 heavy (non-hydrogen) atoms. The quantitative estimate of drug-likeness (QED) is 0.384. The number of nitrogens with one attached hydrogen (secondary N) is 1. The first-order chi connectivity index (χ1) is 17.2. The van der Waals surface area contributed by atoms with Crippen LogP contribution in [0.2, 0.25) is 0 Å². The lowest BCUT2D eigenvalue weighted by atomic mass is 10.2. The van der Waals surface area contributed by atoms with E-state index in [9.17, 15) is 23.6 Å². The molecule has 4 rings (SSSR count). The topological polar surface area (TPSA) is 97.7 Å². The molecule has 2 aromatic carbocycles. The average Bonchev–Trinajstić information content (AvgIpc) is 3.28. The van der Waals surface area contributed by atoms with Crippen LogP contribution in [0.5, 0.6) is 0 Å². The van der Waals surface area contributed by atoms with E-state index in [1.807, 2.05) is 30.5 Å². The third-order valence-electron chi connectivity index (χ3n) is 5.61. The molecule has 10 heteroatoms. The molecule has 3 amide bonds. The molecule has 1 aromatic heterocycles. The normalized spacial score (nSPS) is 14.4. The van der Waals surface area contributed by atoms with Gasteiger partial charge in [0, 0.05) is 17.1 Å². The van der Waals surface area contributed by atoms with Crippen molar-refractivity contribution in [2.75, 3.05) is 19.0 Å². The Hall–Kier alpha value is -4.18. The molecule has 1 saturated heterocycles. The van der Waals surface area contributed by atoms with Gasteiger partial charge in [-0.05, 0) is 73.6 Å². The van der Waals surface area contributed by atoms with E-state index in [1.165, 1.54) is 25.3 Å². The zero-order valence-electron chi connectivity index (χ0n) is 19.7. The van der Waals surface area contributed by atoms with Gasteiger partial charge in [-0.1, -0.05) is 18.2 Å². The monoisotopic (exact) mass is 507 g/mol. The Morgan fingerprint density at radius 1 is 1.08 bits per heavy atom. The number of hydrogen-bond acceptors (Lipinski definition) is 6. The molecule has 1 fully saturated rings. The van der Waals surface area contributed by atoms with Gasteiger partial charge in [-0.25, -0.2) is 9.18 Å². The van der Waals surface area contributed by atoms with Gasteiger partial charge in [0.05, 0.1) is 23.3 Å². The molecular formula is C26H22FN3O5S. The molecule has 1 aliphatic rings. The summed E-state index contributed by atoms with van der Waals surface area (Å²) in [7, 11) is 1.32. The zero-order valence-corrected chi connectivity index (χ0v) is 20.5. The van der Waals surface area contributed by atoms with Crippen LogP contribution < -0.4 is 5.32 Å². The van der Waals surface area contributed by atoms with Gasteiger partial charge >= 0.3 is 5.97 Å². The zero-order chi connectivity index (χ0) is 26.0. The van der Waals surface area contributed by atoms with Crippen molar-refractivity contribution in [3.63, 3.8) is 0 Å². The van der Waals surface area contributed by atoms with Crippen LogP contribution in [0.1, 0.15) is 27.3 Å². The lowest BCUT2D eigenvalue weighted by Crippen LogP contribution is -2.36. The maximum Gasteiger partial charge on any atom is 0.337 e. The van der Waals surface area contributed by atoms with E-state index >= 15 is 0 Å². The van der Waals surface area contributed by atoms with E-state index in [2.05, 4.69) is 5.32 Å². The fourth-order valence-electron chi connectivity index (χ4n) is 3.89. The lowest BCUT2D eigenvalue weighted by Gasteiger charge is -2.12. The van der Waals surface area contributed by atoms with Gasteiger partial charge in [0.2, 0.25) is 5.91 Å². The van der Waals surface area contributed by atoms with Crippen LogP contribution >= 0.6 is 11.8 Å². The minimum absolute atomic E-state index is 0.0336. The third kappa shape index (κ3) is 4.94. The van der Waals surface area contributed by atoms with E-state index in [-0.39, 0.29) is 10.6 Å². The SMILES string of the molecule is COC(=O)c1cccc(-n2c(C)cc(/C=C3\SC(=O)N(CC(=O)Nc4ccccc4F)C3=O)c2C)c1. The molecule has 1 aliphatic heterocycles. The highest BCUT2D eigenvalue weighted by Crippen LogP contribution is 2.34. The van der Waals surface area contributed by atoms with Crippen molar-refractivity contribution < 1.29 is 28.3 Å². The number of rotatable bonds is 6. The van der Waals surface area contributed by atoms with E-state index in [0.29, 0.717) is 11.1 Å². The Balaban J connectivity index is 1.55. The Morgan fingerprint density at radius 2 is 1.83 bits per heavy atom. The van der Waals surface area contributed by atoms with Gasteiger partial charge in [0.1, 0.15) is 12.4 Å². The maximum absolute atomic E-state index is 13.8. The molecule has 0 bridgehead atoms. The highest BCUT2D eigenvalue weighted by atomic mass is 32.2. The Bertz CT molecular complexity index is 1430. The number of esters is 1. The first-order valence-electron chi connectivity index (χ1n) is 10.9. The van der Waals surface area contributed by atoms with Crippen LogP contribution in [0.15, 0.2) is 59.5 Å². The number of aromatic nitrogens is 1. The first kappa shape index (κ1) is 24.9. The van der Waals surface area contributed by atoms with Gasteiger partial charge in [-0.2, -0.15) is 0 Å². The molecule has 3 aromatic rings. The number of methoxy groups -OCH3 is 1. The van der Waals surface area contributed by atoms with Crippen LogP contribution in [0.25, 0.3) is 11.8 Å². The number of amides is 3. The van der Waals surface area contributed by atoms with Crippen molar-refractivity contribution in [2.24, 2.45) is 0 Å². The number of nitrogens with zero attached hydrogens (tertiary/aromatic N) is 2. The Labute approximate surface area is 210 Å². The van der Waals surface area contributed by atoms with Crippen LogP contribution in [-0.4, -0.2) is 46.1 Å². The van der Waals surface area contributed by atoms with Gasteiger partial charge in [-0.3, -0.25) is 19.3 Å². The summed E-state index contributed by atoms with van der Waals surface area (Å²) in [6.07, 6.45) is 1.60. The Morgan fingerprint density at radius 3 is 2.56 bits per heavy atom. The largest absolute Gasteiger partial charge is 0.465 e. The molecule has 0 aliphatic carbocycles. The second kappa shape index (κ2) is 10.2. The third-order valence-corrected chi connectivity index (χ3v) is 6.51. The minimum atomic E-state index is -0.688. The fourth-order valence-corrected chi connectivity index (χ4v) is 4.72. The number of benzene rings is 2. The summed E-state index contributed by atoms with van der Waals surface area (Å²) in [6, 6.07) is 14.4. The molecule has 0 spiro atoms. The number of carbonyl (C=O) groups excluding carboxylic acids is 4. The van der Waals surface area contributed by atoms with E-state index < -0.39 is 35.4 Å². The Kier molecular flexibility index (Phi) is 7.07. The lowest BCUT2D eigenvalue weighted by molar-refractivity contribution is -0.127. The molecule has 0 radical (unpaired) electrons. The first-order valence-corrected chi connectivity index (χ1v) is 11.7. The van der Waals surface area contributed by atoms with Crippen molar-refractivity contribution >= 4 is 46.5 Å². The molecule has 1 N–H and O–H groups in total. The van der Waals surface area contributed by atoms with Gasteiger partial charge in [-0.15, -0.1) is 0 Å². The molecule has 0 unspecified atom stereocenters. The number of aryl methyl sites for hydroxylation is 1. The minimum Gasteiger partial charge on any atom is -0.465 e.